The highest BCUT2D eigenvalue weighted by Gasteiger charge is 2.11. The van der Waals surface area contributed by atoms with E-state index in [0.717, 1.165) is 0 Å². The van der Waals surface area contributed by atoms with E-state index in [2.05, 4.69) is 4.98 Å². The number of ether oxygens (including phenoxy) is 1. The van der Waals surface area contributed by atoms with E-state index in [1.54, 1.807) is 24.3 Å². The third kappa shape index (κ3) is 2.15. The van der Waals surface area contributed by atoms with Crippen LogP contribution in [0.5, 0.6) is 5.75 Å². The Morgan fingerprint density at radius 3 is 3.00 bits per heavy atom. The van der Waals surface area contributed by atoms with Gasteiger partial charge in [-0.15, -0.1) is 0 Å². The van der Waals surface area contributed by atoms with Crippen LogP contribution < -0.4 is 4.74 Å². The van der Waals surface area contributed by atoms with Crippen LogP contribution in [-0.4, -0.2) is 16.1 Å². The van der Waals surface area contributed by atoms with Gasteiger partial charge in [-0.05, 0) is 24.3 Å². The van der Waals surface area contributed by atoms with Gasteiger partial charge in [0.1, 0.15) is 17.9 Å². The highest BCUT2D eigenvalue weighted by molar-refractivity contribution is 5.84. The Hall–Kier alpha value is -2.76. The lowest BCUT2D eigenvalue weighted by molar-refractivity contribution is 0.0658. The standard InChI is InChI=1S/C13H9NO5/c15-13(16)11-5-4-8(19-11)6-17-10-3-1-2-9-12(10)18-7-14-9/h1-5,7H,6H2,(H,15,16). The van der Waals surface area contributed by atoms with Crippen LogP contribution in [-0.2, 0) is 6.61 Å². The van der Waals surface area contributed by atoms with Gasteiger partial charge in [-0.2, -0.15) is 0 Å². The molecule has 0 bridgehead atoms. The molecule has 2 aromatic heterocycles. The van der Waals surface area contributed by atoms with Crippen LogP contribution in [0.1, 0.15) is 16.3 Å². The van der Waals surface area contributed by atoms with Crippen LogP contribution in [0.2, 0.25) is 0 Å². The molecule has 6 nitrogen and oxygen atoms in total. The van der Waals surface area contributed by atoms with Crippen molar-refractivity contribution in [2.75, 3.05) is 0 Å². The molecule has 19 heavy (non-hydrogen) atoms. The minimum atomic E-state index is -1.11. The number of benzene rings is 1. The maximum Gasteiger partial charge on any atom is 0.371 e. The Bertz CT molecular complexity index is 727. The van der Waals surface area contributed by atoms with Crippen molar-refractivity contribution in [1.82, 2.24) is 4.98 Å². The predicted octanol–water partition coefficient (Wildman–Crippen LogP) is 2.70. The van der Waals surface area contributed by atoms with Crippen LogP contribution >= 0.6 is 0 Å². The van der Waals surface area contributed by atoms with Crippen LogP contribution in [0, 0.1) is 0 Å². The molecule has 0 aliphatic heterocycles. The van der Waals surface area contributed by atoms with Crippen molar-refractivity contribution in [3.63, 3.8) is 0 Å². The Morgan fingerprint density at radius 1 is 1.32 bits per heavy atom. The lowest BCUT2D eigenvalue weighted by Crippen LogP contribution is -1.95. The first kappa shape index (κ1) is 11.3. The molecule has 0 saturated heterocycles. The van der Waals surface area contributed by atoms with Gasteiger partial charge in [0.2, 0.25) is 5.76 Å². The predicted molar refractivity (Wildman–Crippen MR) is 64.0 cm³/mol. The van der Waals surface area contributed by atoms with Crippen molar-refractivity contribution in [3.05, 3.63) is 48.2 Å². The average molecular weight is 259 g/mol. The second-order valence-corrected chi connectivity index (χ2v) is 3.82. The number of aromatic nitrogens is 1. The SMILES string of the molecule is O=C(O)c1ccc(COc2cccc3ncoc23)o1. The number of oxazole rings is 1. The minimum absolute atomic E-state index is 0.114. The van der Waals surface area contributed by atoms with E-state index in [-0.39, 0.29) is 12.4 Å². The molecule has 0 fully saturated rings. The van der Waals surface area contributed by atoms with E-state index in [4.69, 9.17) is 18.7 Å². The minimum Gasteiger partial charge on any atom is -0.482 e. The van der Waals surface area contributed by atoms with Gasteiger partial charge in [0.15, 0.2) is 17.7 Å². The van der Waals surface area contributed by atoms with Gasteiger partial charge in [0.25, 0.3) is 0 Å². The summed E-state index contributed by atoms with van der Waals surface area (Å²) < 4.78 is 15.8. The lowest BCUT2D eigenvalue weighted by atomic mass is 10.3. The molecular weight excluding hydrogens is 250 g/mol. The molecule has 96 valence electrons. The quantitative estimate of drug-likeness (QED) is 0.775. The zero-order chi connectivity index (χ0) is 13.2. The largest absolute Gasteiger partial charge is 0.482 e. The lowest BCUT2D eigenvalue weighted by Gasteiger charge is -2.03. The first-order chi connectivity index (χ1) is 9.24. The number of carboxylic acid groups (broad SMARTS) is 1. The highest BCUT2D eigenvalue weighted by Crippen LogP contribution is 2.25. The fraction of sp³-hybridized carbons (Fsp3) is 0.0769. The third-order valence-corrected chi connectivity index (χ3v) is 2.56. The first-order valence-corrected chi connectivity index (χ1v) is 5.51. The van der Waals surface area contributed by atoms with Crippen LogP contribution in [0.3, 0.4) is 0 Å². The number of furan rings is 1. The molecule has 0 spiro atoms. The molecule has 0 aliphatic rings. The summed E-state index contributed by atoms with van der Waals surface area (Å²) in [6.45, 7) is 0.118. The Morgan fingerprint density at radius 2 is 2.21 bits per heavy atom. The molecule has 2 heterocycles. The summed E-state index contributed by atoms with van der Waals surface area (Å²) in [7, 11) is 0. The number of hydrogen-bond acceptors (Lipinski definition) is 5. The summed E-state index contributed by atoms with van der Waals surface area (Å²) in [4.78, 5) is 14.7. The summed E-state index contributed by atoms with van der Waals surface area (Å²) >= 11 is 0. The van der Waals surface area contributed by atoms with E-state index < -0.39 is 5.97 Å². The van der Waals surface area contributed by atoms with Crippen molar-refractivity contribution in [1.29, 1.82) is 0 Å². The molecule has 1 N–H and O–H groups in total. The van der Waals surface area contributed by atoms with E-state index in [0.29, 0.717) is 22.6 Å². The zero-order valence-electron chi connectivity index (χ0n) is 9.70. The van der Waals surface area contributed by atoms with E-state index in [9.17, 15) is 4.79 Å². The molecule has 0 amide bonds. The summed E-state index contributed by atoms with van der Waals surface area (Å²) in [6.07, 6.45) is 1.34. The smallest absolute Gasteiger partial charge is 0.371 e. The Balaban J connectivity index is 1.78. The molecule has 0 atom stereocenters. The highest BCUT2D eigenvalue weighted by atomic mass is 16.5. The second-order valence-electron chi connectivity index (χ2n) is 3.82. The van der Waals surface area contributed by atoms with Gasteiger partial charge in [-0.25, -0.2) is 9.78 Å². The first-order valence-electron chi connectivity index (χ1n) is 5.51. The number of hydrogen-bond donors (Lipinski definition) is 1. The average Bonchev–Trinajstić information content (AvgIpc) is 3.05. The van der Waals surface area contributed by atoms with Crippen molar-refractivity contribution < 1.29 is 23.5 Å². The van der Waals surface area contributed by atoms with Crippen molar-refractivity contribution in [2.24, 2.45) is 0 Å². The van der Waals surface area contributed by atoms with E-state index in [1.165, 1.54) is 12.5 Å². The van der Waals surface area contributed by atoms with Gasteiger partial charge in [-0.3, -0.25) is 0 Å². The monoisotopic (exact) mass is 259 g/mol. The Labute approximate surface area is 107 Å². The number of para-hydroxylation sites is 1. The molecule has 3 rings (SSSR count). The van der Waals surface area contributed by atoms with Gasteiger partial charge >= 0.3 is 5.97 Å². The fourth-order valence-electron chi connectivity index (χ4n) is 1.69. The zero-order valence-corrected chi connectivity index (χ0v) is 9.70. The summed E-state index contributed by atoms with van der Waals surface area (Å²) in [5.41, 5.74) is 1.25. The molecule has 0 radical (unpaired) electrons. The molecule has 1 aromatic carbocycles. The topological polar surface area (TPSA) is 85.7 Å². The van der Waals surface area contributed by atoms with Crippen molar-refractivity contribution >= 4 is 17.1 Å². The number of carbonyl (C=O) groups is 1. The molecular formula is C13H9NO5. The number of rotatable bonds is 4. The molecule has 6 heteroatoms. The van der Waals surface area contributed by atoms with Crippen molar-refractivity contribution in [3.8, 4) is 5.75 Å². The van der Waals surface area contributed by atoms with Crippen molar-refractivity contribution in [2.45, 2.75) is 6.61 Å². The second kappa shape index (κ2) is 4.49. The number of carboxylic acids is 1. The van der Waals surface area contributed by atoms with Crippen LogP contribution in [0.25, 0.3) is 11.1 Å². The molecule has 0 unspecified atom stereocenters. The third-order valence-electron chi connectivity index (χ3n) is 2.56. The normalized spacial score (nSPS) is 10.7. The molecule has 3 aromatic rings. The summed E-state index contributed by atoms with van der Waals surface area (Å²) in [6, 6.07) is 8.29. The Kier molecular flexibility index (Phi) is 2.68. The maximum atomic E-state index is 10.7. The number of fused-ring (bicyclic) bond motifs is 1. The van der Waals surface area contributed by atoms with Crippen LogP contribution in [0.15, 0.2) is 45.6 Å². The van der Waals surface area contributed by atoms with E-state index in [1.807, 2.05) is 0 Å². The summed E-state index contributed by atoms with van der Waals surface area (Å²) in [5.74, 6) is -0.266. The maximum absolute atomic E-state index is 10.7. The van der Waals surface area contributed by atoms with Gasteiger partial charge in [-0.1, -0.05) is 6.07 Å². The van der Waals surface area contributed by atoms with Gasteiger partial charge in [0.05, 0.1) is 0 Å². The molecule has 0 saturated carbocycles. The number of aromatic carboxylic acids is 1. The van der Waals surface area contributed by atoms with Gasteiger partial charge in [0, 0.05) is 0 Å². The number of nitrogens with zero attached hydrogens (tertiary/aromatic N) is 1. The van der Waals surface area contributed by atoms with Crippen LogP contribution in [0.4, 0.5) is 0 Å². The molecule has 0 aliphatic carbocycles. The fourth-order valence-corrected chi connectivity index (χ4v) is 1.69. The van der Waals surface area contributed by atoms with E-state index >= 15 is 0 Å². The van der Waals surface area contributed by atoms with Gasteiger partial charge < -0.3 is 18.7 Å². The summed E-state index contributed by atoms with van der Waals surface area (Å²) in [5, 5.41) is 8.74.